The maximum atomic E-state index is 12.4. The number of hydrogen-bond acceptors (Lipinski definition) is 2. The van der Waals surface area contributed by atoms with Crippen molar-refractivity contribution in [3.05, 3.63) is 28.5 Å². The Bertz CT molecular complexity index is 466. The van der Waals surface area contributed by atoms with E-state index in [1.165, 1.54) is 0 Å². The summed E-state index contributed by atoms with van der Waals surface area (Å²) in [6, 6.07) is 3.68. The average Bonchev–Trinajstić information content (AvgIpc) is 2.34. The van der Waals surface area contributed by atoms with E-state index in [2.05, 4.69) is 32.7 Å². The maximum Gasteiger partial charge on any atom is 0.254 e. The lowest BCUT2D eigenvalue weighted by Gasteiger charge is -2.25. The van der Waals surface area contributed by atoms with Gasteiger partial charge in [0.1, 0.15) is 5.15 Å². The number of aromatic nitrogens is 1. The molecule has 106 valence electrons. The zero-order valence-electron chi connectivity index (χ0n) is 12.6. The number of pyridine rings is 1. The Labute approximate surface area is 121 Å². The van der Waals surface area contributed by atoms with E-state index >= 15 is 0 Å². The van der Waals surface area contributed by atoms with E-state index in [0.29, 0.717) is 10.7 Å². The molecule has 0 saturated carbocycles. The van der Waals surface area contributed by atoms with Crippen molar-refractivity contribution >= 4 is 17.5 Å². The molecule has 0 bridgehead atoms. The zero-order valence-corrected chi connectivity index (χ0v) is 13.4. The Morgan fingerprint density at radius 2 is 2.00 bits per heavy atom. The lowest BCUT2D eigenvalue weighted by molar-refractivity contribution is 0.0740. The van der Waals surface area contributed by atoms with Crippen molar-refractivity contribution in [1.82, 2.24) is 9.88 Å². The number of halogens is 1. The number of carbonyl (C=O) groups is 1. The summed E-state index contributed by atoms with van der Waals surface area (Å²) in [4.78, 5) is 18.5. The summed E-state index contributed by atoms with van der Waals surface area (Å²) in [5, 5.41) is 0.369. The van der Waals surface area contributed by atoms with Crippen molar-refractivity contribution in [2.45, 2.75) is 52.5 Å². The molecule has 0 aliphatic heterocycles. The summed E-state index contributed by atoms with van der Waals surface area (Å²) in [6.07, 6.45) is 0.924. The first-order chi connectivity index (χ1) is 8.66. The fourth-order valence-electron chi connectivity index (χ4n) is 1.68. The Morgan fingerprint density at radius 1 is 1.42 bits per heavy atom. The molecule has 19 heavy (non-hydrogen) atoms. The van der Waals surface area contributed by atoms with Gasteiger partial charge in [0.2, 0.25) is 0 Å². The van der Waals surface area contributed by atoms with Gasteiger partial charge in [0.25, 0.3) is 5.91 Å². The van der Waals surface area contributed by atoms with Gasteiger partial charge in [-0.1, -0.05) is 39.3 Å². The lowest BCUT2D eigenvalue weighted by atomic mass is 9.90. The zero-order chi connectivity index (χ0) is 14.8. The molecular weight excluding hydrogens is 260 g/mol. The van der Waals surface area contributed by atoms with E-state index in [4.69, 9.17) is 11.6 Å². The molecule has 3 nitrogen and oxygen atoms in total. The highest BCUT2D eigenvalue weighted by atomic mass is 35.5. The molecule has 0 spiro atoms. The van der Waals surface area contributed by atoms with Gasteiger partial charge in [-0.05, 0) is 25.5 Å². The molecule has 0 aromatic carbocycles. The van der Waals surface area contributed by atoms with Crippen LogP contribution in [0.1, 0.15) is 57.1 Å². The van der Waals surface area contributed by atoms with Crippen LogP contribution in [0.2, 0.25) is 5.15 Å². The largest absolute Gasteiger partial charge is 0.339 e. The highest BCUT2D eigenvalue weighted by Gasteiger charge is 2.21. The molecule has 4 heteroatoms. The molecule has 0 fully saturated rings. The summed E-state index contributed by atoms with van der Waals surface area (Å²) < 4.78 is 0. The van der Waals surface area contributed by atoms with E-state index in [-0.39, 0.29) is 17.4 Å². The van der Waals surface area contributed by atoms with Crippen molar-refractivity contribution in [3.8, 4) is 0 Å². The SMILES string of the molecule is CCC(C)N(C)C(=O)c1cc(Cl)nc(C(C)(C)C)c1. The van der Waals surface area contributed by atoms with Crippen LogP contribution in [0.15, 0.2) is 12.1 Å². The molecular formula is C15H23ClN2O. The summed E-state index contributed by atoms with van der Waals surface area (Å²) in [7, 11) is 1.82. The minimum absolute atomic E-state index is 0.0100. The third-order valence-corrected chi connectivity index (χ3v) is 3.58. The van der Waals surface area contributed by atoms with Crippen LogP contribution in [0.3, 0.4) is 0 Å². The smallest absolute Gasteiger partial charge is 0.254 e. The van der Waals surface area contributed by atoms with E-state index < -0.39 is 0 Å². The molecule has 1 heterocycles. The van der Waals surface area contributed by atoms with Crippen LogP contribution in [0.5, 0.6) is 0 Å². The number of carbonyl (C=O) groups excluding carboxylic acids is 1. The molecule has 1 amide bonds. The normalized spacial score (nSPS) is 13.2. The monoisotopic (exact) mass is 282 g/mol. The molecule has 1 aromatic rings. The Morgan fingerprint density at radius 3 is 2.47 bits per heavy atom. The van der Waals surface area contributed by atoms with Gasteiger partial charge >= 0.3 is 0 Å². The lowest BCUT2D eigenvalue weighted by Crippen LogP contribution is -2.34. The summed E-state index contributed by atoms with van der Waals surface area (Å²) in [5.41, 5.74) is 1.31. The molecule has 0 radical (unpaired) electrons. The van der Waals surface area contributed by atoms with Gasteiger partial charge < -0.3 is 4.90 Å². The third kappa shape index (κ3) is 3.93. The van der Waals surface area contributed by atoms with E-state index in [1.54, 1.807) is 11.0 Å². The summed E-state index contributed by atoms with van der Waals surface area (Å²) >= 11 is 6.04. The maximum absolute atomic E-state index is 12.4. The number of amides is 1. The highest BCUT2D eigenvalue weighted by Crippen LogP contribution is 2.24. The van der Waals surface area contributed by atoms with Crippen LogP contribution in [-0.4, -0.2) is 28.9 Å². The fourth-order valence-corrected chi connectivity index (χ4v) is 1.89. The minimum atomic E-state index is -0.130. The quantitative estimate of drug-likeness (QED) is 0.788. The van der Waals surface area contributed by atoms with Gasteiger partial charge in [0.05, 0.1) is 0 Å². The Balaban J connectivity index is 3.14. The molecule has 0 aliphatic carbocycles. The van der Waals surface area contributed by atoms with Crippen LogP contribution >= 0.6 is 11.6 Å². The first kappa shape index (κ1) is 16.0. The van der Waals surface area contributed by atoms with Crippen LogP contribution < -0.4 is 0 Å². The highest BCUT2D eigenvalue weighted by molar-refractivity contribution is 6.29. The average molecular weight is 283 g/mol. The van der Waals surface area contributed by atoms with Gasteiger partial charge in [-0.15, -0.1) is 0 Å². The second-order valence-electron chi connectivity index (χ2n) is 5.99. The van der Waals surface area contributed by atoms with Crippen molar-refractivity contribution < 1.29 is 4.79 Å². The minimum Gasteiger partial charge on any atom is -0.339 e. The topological polar surface area (TPSA) is 33.2 Å². The molecule has 1 aromatic heterocycles. The van der Waals surface area contributed by atoms with Crippen molar-refractivity contribution in [2.24, 2.45) is 0 Å². The first-order valence-electron chi connectivity index (χ1n) is 6.62. The molecule has 0 saturated heterocycles. The van der Waals surface area contributed by atoms with Gasteiger partial charge in [-0.2, -0.15) is 0 Å². The molecule has 0 N–H and O–H groups in total. The van der Waals surface area contributed by atoms with E-state index in [0.717, 1.165) is 12.1 Å². The number of rotatable bonds is 3. The Kier molecular flexibility index (Phi) is 4.97. The van der Waals surface area contributed by atoms with Crippen LogP contribution in [-0.2, 0) is 5.41 Å². The van der Waals surface area contributed by atoms with Gasteiger partial charge in [-0.3, -0.25) is 4.79 Å². The second-order valence-corrected chi connectivity index (χ2v) is 6.37. The van der Waals surface area contributed by atoms with Gasteiger partial charge in [-0.25, -0.2) is 4.98 Å². The second kappa shape index (κ2) is 5.91. The predicted molar refractivity (Wildman–Crippen MR) is 79.8 cm³/mol. The van der Waals surface area contributed by atoms with Crippen molar-refractivity contribution in [1.29, 1.82) is 0 Å². The first-order valence-corrected chi connectivity index (χ1v) is 6.99. The number of hydrogen-bond donors (Lipinski definition) is 0. The summed E-state index contributed by atoms with van der Waals surface area (Å²) in [5.74, 6) is -0.0100. The standard InChI is InChI=1S/C15H23ClN2O/c1-7-10(2)18(6)14(19)11-8-12(15(3,4)5)17-13(16)9-11/h8-10H,7H2,1-6H3. The molecule has 1 rings (SSSR count). The van der Waals surface area contributed by atoms with Crippen molar-refractivity contribution in [3.63, 3.8) is 0 Å². The summed E-state index contributed by atoms with van der Waals surface area (Å²) in [6.45, 7) is 10.3. The van der Waals surface area contributed by atoms with Gasteiger partial charge in [0.15, 0.2) is 0 Å². The van der Waals surface area contributed by atoms with Crippen LogP contribution in [0.4, 0.5) is 0 Å². The molecule has 1 atom stereocenters. The molecule has 0 aliphatic rings. The van der Waals surface area contributed by atoms with Crippen molar-refractivity contribution in [2.75, 3.05) is 7.05 Å². The van der Waals surface area contributed by atoms with Crippen LogP contribution in [0, 0.1) is 0 Å². The van der Waals surface area contributed by atoms with E-state index in [9.17, 15) is 4.79 Å². The van der Waals surface area contributed by atoms with Gasteiger partial charge in [0, 0.05) is 29.8 Å². The Hall–Kier alpha value is -1.09. The molecule has 1 unspecified atom stereocenters. The third-order valence-electron chi connectivity index (χ3n) is 3.38. The predicted octanol–water partition coefficient (Wildman–Crippen LogP) is 3.90. The van der Waals surface area contributed by atoms with Crippen LogP contribution in [0.25, 0.3) is 0 Å². The fraction of sp³-hybridized carbons (Fsp3) is 0.600. The van der Waals surface area contributed by atoms with E-state index in [1.807, 2.05) is 20.0 Å². The number of nitrogens with zero attached hydrogens (tertiary/aromatic N) is 2.